The predicted molar refractivity (Wildman–Crippen MR) is 117 cm³/mol. The van der Waals surface area contributed by atoms with Crippen molar-refractivity contribution < 1.29 is 14.6 Å². The first-order chi connectivity index (χ1) is 15.2. The van der Waals surface area contributed by atoms with Crippen LogP contribution in [0.2, 0.25) is 0 Å². The van der Waals surface area contributed by atoms with Crippen LogP contribution in [0.3, 0.4) is 0 Å². The summed E-state index contributed by atoms with van der Waals surface area (Å²) in [6.07, 6.45) is 0. The zero-order chi connectivity index (χ0) is 21.6. The Kier molecular flexibility index (Phi) is 5.60. The van der Waals surface area contributed by atoms with Gasteiger partial charge in [-0.15, -0.1) is 0 Å². The molecule has 0 aliphatic carbocycles. The highest BCUT2D eigenvalue weighted by atomic mass is 16.5. The molecule has 1 N–H and O–H groups in total. The molecule has 0 fully saturated rings. The molecule has 1 aromatic heterocycles. The van der Waals surface area contributed by atoms with Crippen LogP contribution in [0.15, 0.2) is 78.9 Å². The number of ether oxygens (including phenoxy) is 1. The van der Waals surface area contributed by atoms with Gasteiger partial charge >= 0.3 is 5.97 Å². The van der Waals surface area contributed by atoms with Gasteiger partial charge in [0.2, 0.25) is 0 Å². The summed E-state index contributed by atoms with van der Waals surface area (Å²) in [5.74, 6) is 4.99. The lowest BCUT2D eigenvalue weighted by Gasteiger charge is -2.14. The molecule has 3 aromatic carbocycles. The normalized spacial score (nSPS) is 10.0. The Labute approximate surface area is 179 Å². The highest BCUT2D eigenvalue weighted by molar-refractivity contribution is 5.99. The molecule has 0 saturated heterocycles. The van der Waals surface area contributed by atoms with Gasteiger partial charge in [-0.2, -0.15) is 5.26 Å². The fourth-order valence-electron chi connectivity index (χ4n) is 3.15. The molecule has 0 unspecified atom stereocenters. The minimum absolute atomic E-state index is 0.176. The quantitative estimate of drug-likeness (QED) is 0.495. The molecule has 0 saturated carbocycles. The fourth-order valence-corrected chi connectivity index (χ4v) is 3.15. The molecular formula is C26H16N2O3. The van der Waals surface area contributed by atoms with Gasteiger partial charge in [0.05, 0.1) is 11.1 Å². The van der Waals surface area contributed by atoms with E-state index in [1.807, 2.05) is 60.7 Å². The molecule has 0 spiro atoms. The first kappa shape index (κ1) is 19.7. The van der Waals surface area contributed by atoms with Crippen LogP contribution < -0.4 is 4.74 Å². The fraction of sp³-hybridized carbons (Fsp3) is 0.0385. The molecule has 5 nitrogen and oxygen atoms in total. The van der Waals surface area contributed by atoms with Crippen molar-refractivity contribution in [2.24, 2.45) is 0 Å². The molecular weight excluding hydrogens is 388 g/mol. The standard InChI is InChI=1S/C26H16N2O3/c27-16-20-12-7-13-21-23(20)28-24(26(29)30)22(15-14-18-8-3-1-4-9-18)25(21)31-17-19-10-5-2-6-11-19/h1-13H,17H2,(H,29,30). The summed E-state index contributed by atoms with van der Waals surface area (Å²) in [7, 11) is 0. The minimum Gasteiger partial charge on any atom is -0.487 e. The average Bonchev–Trinajstić information content (AvgIpc) is 2.81. The molecule has 1 heterocycles. The van der Waals surface area contributed by atoms with Crippen LogP contribution in [0.1, 0.15) is 32.7 Å². The Bertz CT molecular complexity index is 1360. The number of carboxylic acid groups (broad SMARTS) is 1. The van der Waals surface area contributed by atoms with Crippen LogP contribution in [-0.2, 0) is 6.61 Å². The molecule has 4 rings (SSSR count). The van der Waals surface area contributed by atoms with Gasteiger partial charge in [0, 0.05) is 10.9 Å². The van der Waals surface area contributed by atoms with Gasteiger partial charge in [0.1, 0.15) is 24.0 Å². The number of benzene rings is 3. The summed E-state index contributed by atoms with van der Waals surface area (Å²) >= 11 is 0. The smallest absolute Gasteiger partial charge is 0.355 e. The highest BCUT2D eigenvalue weighted by Crippen LogP contribution is 2.33. The van der Waals surface area contributed by atoms with E-state index >= 15 is 0 Å². The van der Waals surface area contributed by atoms with Gasteiger partial charge in [0.15, 0.2) is 5.69 Å². The first-order valence-electron chi connectivity index (χ1n) is 9.51. The second kappa shape index (κ2) is 8.82. The molecule has 0 radical (unpaired) electrons. The number of pyridine rings is 1. The number of nitrogens with zero attached hydrogens (tertiary/aromatic N) is 2. The Balaban J connectivity index is 1.94. The lowest BCUT2D eigenvalue weighted by Crippen LogP contribution is -2.09. The number of carboxylic acids is 1. The molecule has 4 aromatic rings. The van der Waals surface area contributed by atoms with Crippen LogP contribution >= 0.6 is 0 Å². The van der Waals surface area contributed by atoms with Gasteiger partial charge in [-0.25, -0.2) is 9.78 Å². The molecule has 0 atom stereocenters. The Morgan fingerprint density at radius 2 is 1.65 bits per heavy atom. The van der Waals surface area contributed by atoms with E-state index in [1.54, 1.807) is 18.2 Å². The summed E-state index contributed by atoms with van der Waals surface area (Å²) < 4.78 is 6.10. The van der Waals surface area contributed by atoms with Crippen LogP contribution in [0, 0.1) is 23.2 Å². The topological polar surface area (TPSA) is 83.2 Å². The van der Waals surface area contributed by atoms with Crippen LogP contribution in [-0.4, -0.2) is 16.1 Å². The maximum atomic E-state index is 12.0. The van der Waals surface area contributed by atoms with Gasteiger partial charge in [-0.1, -0.05) is 66.4 Å². The lowest BCUT2D eigenvalue weighted by atomic mass is 10.0. The van der Waals surface area contributed by atoms with E-state index in [2.05, 4.69) is 22.9 Å². The molecule has 0 aliphatic rings. The van der Waals surface area contributed by atoms with E-state index in [-0.39, 0.29) is 28.9 Å². The maximum absolute atomic E-state index is 12.0. The monoisotopic (exact) mass is 404 g/mol. The van der Waals surface area contributed by atoms with Crippen molar-refractivity contribution >= 4 is 16.9 Å². The van der Waals surface area contributed by atoms with Gasteiger partial charge in [-0.3, -0.25) is 0 Å². The molecule has 0 amide bonds. The van der Waals surface area contributed by atoms with Crippen molar-refractivity contribution in [2.45, 2.75) is 6.61 Å². The zero-order valence-electron chi connectivity index (χ0n) is 16.4. The molecule has 31 heavy (non-hydrogen) atoms. The van der Waals surface area contributed by atoms with Crippen molar-refractivity contribution in [1.82, 2.24) is 4.98 Å². The largest absolute Gasteiger partial charge is 0.487 e. The number of nitriles is 1. The summed E-state index contributed by atoms with van der Waals surface area (Å²) in [6.45, 7) is 0.218. The Morgan fingerprint density at radius 3 is 2.32 bits per heavy atom. The van der Waals surface area contributed by atoms with Gasteiger partial charge in [-0.05, 0) is 29.8 Å². The van der Waals surface area contributed by atoms with E-state index in [9.17, 15) is 15.2 Å². The third kappa shape index (κ3) is 4.22. The van der Waals surface area contributed by atoms with Crippen LogP contribution in [0.25, 0.3) is 10.9 Å². The van der Waals surface area contributed by atoms with E-state index < -0.39 is 5.97 Å². The molecule has 5 heteroatoms. The van der Waals surface area contributed by atoms with Crippen LogP contribution in [0.4, 0.5) is 0 Å². The lowest BCUT2D eigenvalue weighted by molar-refractivity contribution is 0.0690. The number of aromatic carboxylic acids is 1. The molecule has 0 bridgehead atoms. The van der Waals surface area contributed by atoms with E-state index in [0.717, 1.165) is 11.1 Å². The van der Waals surface area contributed by atoms with Crippen molar-refractivity contribution in [3.63, 3.8) is 0 Å². The maximum Gasteiger partial charge on any atom is 0.355 e. The third-order valence-corrected chi connectivity index (χ3v) is 4.62. The number of para-hydroxylation sites is 1. The number of fused-ring (bicyclic) bond motifs is 1. The van der Waals surface area contributed by atoms with Crippen molar-refractivity contribution in [3.05, 3.63) is 107 Å². The molecule has 148 valence electrons. The number of aromatic nitrogens is 1. The Hall–Kier alpha value is -4.61. The number of carbonyl (C=O) groups is 1. The first-order valence-corrected chi connectivity index (χ1v) is 9.51. The van der Waals surface area contributed by atoms with E-state index in [4.69, 9.17) is 4.74 Å². The Morgan fingerprint density at radius 1 is 0.935 bits per heavy atom. The van der Waals surface area contributed by atoms with E-state index in [0.29, 0.717) is 11.1 Å². The van der Waals surface area contributed by atoms with Crippen molar-refractivity contribution in [1.29, 1.82) is 5.26 Å². The van der Waals surface area contributed by atoms with E-state index in [1.165, 1.54) is 0 Å². The van der Waals surface area contributed by atoms with Gasteiger partial charge in [0.25, 0.3) is 0 Å². The second-order valence-corrected chi connectivity index (χ2v) is 6.67. The number of hydrogen-bond acceptors (Lipinski definition) is 4. The second-order valence-electron chi connectivity index (χ2n) is 6.67. The summed E-state index contributed by atoms with van der Waals surface area (Å²) in [6, 6.07) is 25.9. The summed E-state index contributed by atoms with van der Waals surface area (Å²) in [5, 5.41) is 19.8. The van der Waals surface area contributed by atoms with Gasteiger partial charge < -0.3 is 9.84 Å². The minimum atomic E-state index is -1.24. The predicted octanol–water partition coefficient (Wildman–Crippen LogP) is 4.78. The highest BCUT2D eigenvalue weighted by Gasteiger charge is 2.21. The van der Waals surface area contributed by atoms with Crippen molar-refractivity contribution in [3.8, 4) is 23.7 Å². The summed E-state index contributed by atoms with van der Waals surface area (Å²) in [4.78, 5) is 16.3. The SMILES string of the molecule is N#Cc1cccc2c(OCc3ccccc3)c(C#Cc3ccccc3)c(C(=O)O)nc12. The zero-order valence-corrected chi connectivity index (χ0v) is 16.4. The molecule has 0 aliphatic heterocycles. The summed E-state index contributed by atoms with van der Waals surface area (Å²) in [5.41, 5.74) is 2.13. The average molecular weight is 404 g/mol. The number of hydrogen-bond donors (Lipinski definition) is 1. The van der Waals surface area contributed by atoms with Crippen molar-refractivity contribution in [2.75, 3.05) is 0 Å². The number of rotatable bonds is 4. The van der Waals surface area contributed by atoms with Crippen LogP contribution in [0.5, 0.6) is 5.75 Å². The third-order valence-electron chi connectivity index (χ3n) is 4.62.